The summed E-state index contributed by atoms with van der Waals surface area (Å²) in [5.41, 5.74) is 4.55. The fourth-order valence-electron chi connectivity index (χ4n) is 2.34. The van der Waals surface area contributed by atoms with Crippen molar-refractivity contribution in [1.29, 1.82) is 0 Å². The fraction of sp³-hybridized carbons (Fsp3) is 0.0667. The highest BCUT2D eigenvalue weighted by Crippen LogP contribution is 2.25. The summed E-state index contributed by atoms with van der Waals surface area (Å²) >= 11 is 0. The SMILES string of the molecule is Cc1ccccc1-c1n[nH]nc1-n1nc2ccccc2n1. The topological polar surface area (TPSA) is 72.3 Å². The monoisotopic (exact) mass is 276 g/mol. The van der Waals surface area contributed by atoms with Crippen molar-refractivity contribution in [2.45, 2.75) is 6.92 Å². The zero-order valence-corrected chi connectivity index (χ0v) is 11.4. The molecular formula is C15H12N6. The van der Waals surface area contributed by atoms with Crippen molar-refractivity contribution in [3.8, 4) is 17.1 Å². The summed E-state index contributed by atoms with van der Waals surface area (Å²) in [5.74, 6) is 0.598. The number of aromatic nitrogens is 6. The number of hydrogen-bond acceptors (Lipinski definition) is 4. The fourth-order valence-corrected chi connectivity index (χ4v) is 2.34. The lowest BCUT2D eigenvalue weighted by Crippen LogP contribution is -2.01. The lowest BCUT2D eigenvalue weighted by Gasteiger charge is -2.03. The normalized spacial score (nSPS) is 11.1. The van der Waals surface area contributed by atoms with Gasteiger partial charge in [0.15, 0.2) is 0 Å². The highest BCUT2D eigenvalue weighted by molar-refractivity contribution is 5.74. The van der Waals surface area contributed by atoms with E-state index in [1.807, 2.05) is 55.5 Å². The van der Waals surface area contributed by atoms with E-state index in [-0.39, 0.29) is 0 Å². The Kier molecular flexibility index (Phi) is 2.53. The van der Waals surface area contributed by atoms with Crippen LogP contribution in [-0.2, 0) is 0 Å². The predicted molar refractivity (Wildman–Crippen MR) is 79.0 cm³/mol. The zero-order valence-electron chi connectivity index (χ0n) is 11.4. The number of hydrogen-bond donors (Lipinski definition) is 1. The minimum Gasteiger partial charge on any atom is -0.195 e. The Morgan fingerprint density at radius 2 is 1.52 bits per heavy atom. The van der Waals surface area contributed by atoms with Crippen molar-refractivity contribution in [3.05, 3.63) is 54.1 Å². The van der Waals surface area contributed by atoms with Gasteiger partial charge in [-0.2, -0.15) is 10.3 Å². The molecule has 2 aromatic carbocycles. The average molecular weight is 276 g/mol. The van der Waals surface area contributed by atoms with Gasteiger partial charge in [-0.3, -0.25) is 0 Å². The molecule has 6 heteroatoms. The number of fused-ring (bicyclic) bond motifs is 1. The molecule has 0 aliphatic rings. The summed E-state index contributed by atoms with van der Waals surface area (Å²) < 4.78 is 0. The molecule has 0 radical (unpaired) electrons. The number of aromatic amines is 1. The molecule has 102 valence electrons. The van der Waals surface area contributed by atoms with E-state index in [2.05, 4.69) is 25.6 Å². The smallest absolute Gasteiger partial charge is 0.195 e. The van der Waals surface area contributed by atoms with Crippen LogP contribution in [0.4, 0.5) is 0 Å². The van der Waals surface area contributed by atoms with E-state index in [0.29, 0.717) is 5.82 Å². The molecular weight excluding hydrogens is 264 g/mol. The van der Waals surface area contributed by atoms with Gasteiger partial charge in [-0.25, -0.2) is 0 Å². The van der Waals surface area contributed by atoms with Gasteiger partial charge in [0.2, 0.25) is 5.82 Å². The van der Waals surface area contributed by atoms with Gasteiger partial charge in [0.05, 0.1) is 0 Å². The van der Waals surface area contributed by atoms with Gasteiger partial charge < -0.3 is 0 Å². The molecule has 0 aliphatic heterocycles. The third-order valence-electron chi connectivity index (χ3n) is 3.41. The Morgan fingerprint density at radius 1 is 0.857 bits per heavy atom. The number of benzene rings is 2. The Bertz CT molecular complexity index is 887. The third kappa shape index (κ3) is 1.88. The van der Waals surface area contributed by atoms with Crippen molar-refractivity contribution in [3.63, 3.8) is 0 Å². The molecule has 21 heavy (non-hydrogen) atoms. The first-order chi connectivity index (χ1) is 10.3. The lowest BCUT2D eigenvalue weighted by atomic mass is 10.1. The minimum atomic E-state index is 0.598. The van der Waals surface area contributed by atoms with Gasteiger partial charge in [0.1, 0.15) is 16.7 Å². The highest BCUT2D eigenvalue weighted by Gasteiger charge is 2.16. The van der Waals surface area contributed by atoms with Gasteiger partial charge in [-0.05, 0) is 24.6 Å². The average Bonchev–Trinajstić information content (AvgIpc) is 3.13. The second kappa shape index (κ2) is 4.52. The molecule has 0 atom stereocenters. The van der Waals surface area contributed by atoms with Crippen molar-refractivity contribution in [1.82, 2.24) is 30.4 Å². The van der Waals surface area contributed by atoms with Gasteiger partial charge in [-0.15, -0.1) is 20.1 Å². The molecule has 1 N–H and O–H groups in total. The first kappa shape index (κ1) is 11.8. The molecule has 0 fully saturated rings. The van der Waals surface area contributed by atoms with Crippen molar-refractivity contribution >= 4 is 11.0 Å². The Labute approximate surface area is 120 Å². The van der Waals surface area contributed by atoms with Crippen LogP contribution in [0.25, 0.3) is 28.1 Å². The second-order valence-corrected chi connectivity index (χ2v) is 4.79. The maximum absolute atomic E-state index is 4.45. The van der Waals surface area contributed by atoms with Crippen LogP contribution in [-0.4, -0.2) is 30.4 Å². The maximum Gasteiger partial charge on any atom is 0.223 e. The van der Waals surface area contributed by atoms with Crippen LogP contribution in [0.1, 0.15) is 5.56 Å². The molecule has 0 saturated carbocycles. The third-order valence-corrected chi connectivity index (χ3v) is 3.41. The van der Waals surface area contributed by atoms with Gasteiger partial charge >= 0.3 is 0 Å². The van der Waals surface area contributed by atoms with E-state index in [0.717, 1.165) is 27.9 Å². The quantitative estimate of drug-likeness (QED) is 0.610. The molecule has 0 amide bonds. The predicted octanol–water partition coefficient (Wildman–Crippen LogP) is 2.51. The van der Waals surface area contributed by atoms with E-state index in [4.69, 9.17) is 0 Å². The van der Waals surface area contributed by atoms with Crippen LogP contribution < -0.4 is 0 Å². The number of rotatable bonds is 2. The van der Waals surface area contributed by atoms with Crippen molar-refractivity contribution in [2.24, 2.45) is 0 Å². The first-order valence-electron chi connectivity index (χ1n) is 6.62. The Hall–Kier alpha value is -3.02. The Balaban J connectivity index is 1.91. The van der Waals surface area contributed by atoms with Gasteiger partial charge in [0.25, 0.3) is 0 Å². The summed E-state index contributed by atoms with van der Waals surface area (Å²) in [4.78, 5) is 1.52. The molecule has 0 aliphatic carbocycles. The van der Waals surface area contributed by atoms with Gasteiger partial charge in [-0.1, -0.05) is 36.4 Å². The van der Waals surface area contributed by atoms with Crippen molar-refractivity contribution in [2.75, 3.05) is 0 Å². The Morgan fingerprint density at radius 3 is 2.24 bits per heavy atom. The summed E-state index contributed by atoms with van der Waals surface area (Å²) in [5, 5.41) is 20.0. The standard InChI is InChI=1S/C15H12N6/c1-10-6-2-3-7-11(10)14-15(17-20-16-14)21-18-12-8-4-5-9-13(12)19-21/h2-9H,1H3,(H,16,17,20). The maximum atomic E-state index is 4.45. The number of nitrogens with one attached hydrogen (secondary N) is 1. The van der Waals surface area contributed by atoms with Crippen LogP contribution in [0, 0.1) is 6.92 Å². The molecule has 6 nitrogen and oxygen atoms in total. The van der Waals surface area contributed by atoms with Crippen LogP contribution in [0.2, 0.25) is 0 Å². The molecule has 0 spiro atoms. The second-order valence-electron chi connectivity index (χ2n) is 4.79. The zero-order chi connectivity index (χ0) is 14.2. The van der Waals surface area contributed by atoms with Crippen LogP contribution in [0.3, 0.4) is 0 Å². The molecule has 4 rings (SSSR count). The lowest BCUT2D eigenvalue weighted by molar-refractivity contribution is 0.736. The molecule has 2 heterocycles. The number of nitrogens with zero attached hydrogens (tertiary/aromatic N) is 5. The summed E-state index contributed by atoms with van der Waals surface area (Å²) in [6, 6.07) is 15.8. The largest absolute Gasteiger partial charge is 0.223 e. The van der Waals surface area contributed by atoms with Crippen LogP contribution >= 0.6 is 0 Å². The van der Waals surface area contributed by atoms with E-state index >= 15 is 0 Å². The molecule has 0 unspecified atom stereocenters. The van der Waals surface area contributed by atoms with E-state index in [9.17, 15) is 0 Å². The summed E-state index contributed by atoms with van der Waals surface area (Å²) in [7, 11) is 0. The number of H-pyrrole nitrogens is 1. The molecule has 2 aromatic heterocycles. The van der Waals surface area contributed by atoms with Crippen molar-refractivity contribution < 1.29 is 0 Å². The molecule has 0 bridgehead atoms. The first-order valence-corrected chi connectivity index (χ1v) is 6.62. The summed E-state index contributed by atoms with van der Waals surface area (Å²) in [6.07, 6.45) is 0. The van der Waals surface area contributed by atoms with Crippen LogP contribution in [0.15, 0.2) is 48.5 Å². The molecule has 0 saturated heterocycles. The van der Waals surface area contributed by atoms with E-state index in [1.165, 1.54) is 4.80 Å². The number of aryl methyl sites for hydroxylation is 1. The summed E-state index contributed by atoms with van der Waals surface area (Å²) in [6.45, 7) is 2.04. The van der Waals surface area contributed by atoms with E-state index in [1.54, 1.807) is 0 Å². The van der Waals surface area contributed by atoms with Gasteiger partial charge in [0, 0.05) is 5.56 Å². The highest BCUT2D eigenvalue weighted by atomic mass is 15.5. The molecule has 4 aromatic rings. The minimum absolute atomic E-state index is 0.598. The van der Waals surface area contributed by atoms with Crippen LogP contribution in [0.5, 0.6) is 0 Å². The van der Waals surface area contributed by atoms with E-state index < -0.39 is 0 Å².